The van der Waals surface area contributed by atoms with Gasteiger partial charge in [-0.15, -0.1) is 0 Å². The van der Waals surface area contributed by atoms with Gasteiger partial charge >= 0.3 is 0 Å². The Labute approximate surface area is 145 Å². The van der Waals surface area contributed by atoms with Crippen LogP contribution >= 0.6 is 0 Å². The summed E-state index contributed by atoms with van der Waals surface area (Å²) in [5.41, 5.74) is 2.00. The lowest BCUT2D eigenvalue weighted by Gasteiger charge is -2.35. The molecule has 1 N–H and O–H groups in total. The fourth-order valence-corrected chi connectivity index (χ4v) is 3.14. The Morgan fingerprint density at radius 1 is 1.20 bits per heavy atom. The van der Waals surface area contributed by atoms with Gasteiger partial charge in [0.05, 0.1) is 12.7 Å². The first-order chi connectivity index (χ1) is 12.3. The highest BCUT2D eigenvalue weighted by Crippen LogP contribution is 2.25. The molecule has 4 rings (SSSR count). The van der Waals surface area contributed by atoms with E-state index in [-0.39, 0.29) is 11.9 Å². The van der Waals surface area contributed by atoms with Crippen LogP contribution in [0.1, 0.15) is 17.5 Å². The van der Waals surface area contributed by atoms with Crippen LogP contribution in [0.15, 0.2) is 59.4 Å². The minimum absolute atomic E-state index is 0.239. The highest BCUT2D eigenvalue weighted by molar-refractivity contribution is 5.55. The zero-order chi connectivity index (χ0) is 17.1. The number of piperazine rings is 1. The van der Waals surface area contributed by atoms with Crippen molar-refractivity contribution in [3.8, 4) is 11.3 Å². The Bertz CT molecular complexity index is 819. The summed E-state index contributed by atoms with van der Waals surface area (Å²) in [4.78, 5) is 11.0. The lowest BCUT2D eigenvalue weighted by molar-refractivity contribution is 0.140. The van der Waals surface area contributed by atoms with Crippen LogP contribution in [-0.2, 0) is 6.54 Å². The molecule has 25 heavy (non-hydrogen) atoms. The molecule has 0 radical (unpaired) electrons. The lowest BCUT2D eigenvalue weighted by atomic mass is 10.1. The molecule has 0 bridgehead atoms. The Balaban J connectivity index is 1.51. The van der Waals surface area contributed by atoms with Crippen molar-refractivity contribution in [1.29, 1.82) is 0 Å². The fraction of sp³-hybridized carbons (Fsp3) is 0.263. The van der Waals surface area contributed by atoms with Crippen LogP contribution in [-0.4, -0.2) is 34.5 Å². The van der Waals surface area contributed by atoms with Crippen LogP contribution in [0.25, 0.3) is 11.3 Å². The second-order valence-electron chi connectivity index (χ2n) is 6.10. The van der Waals surface area contributed by atoms with Crippen molar-refractivity contribution in [3.05, 3.63) is 72.3 Å². The van der Waals surface area contributed by atoms with E-state index in [2.05, 4.69) is 26.3 Å². The van der Waals surface area contributed by atoms with Crippen molar-refractivity contribution in [2.75, 3.05) is 19.6 Å². The summed E-state index contributed by atoms with van der Waals surface area (Å²) >= 11 is 0. The highest BCUT2D eigenvalue weighted by atomic mass is 19.1. The summed E-state index contributed by atoms with van der Waals surface area (Å²) in [6.45, 7) is 3.34. The summed E-state index contributed by atoms with van der Waals surface area (Å²) in [7, 11) is 0. The molecule has 1 saturated heterocycles. The van der Waals surface area contributed by atoms with Crippen molar-refractivity contribution in [2.45, 2.75) is 12.6 Å². The Hall–Kier alpha value is -2.57. The van der Waals surface area contributed by atoms with Crippen LogP contribution < -0.4 is 5.32 Å². The molecule has 6 heteroatoms. The largest absolute Gasteiger partial charge is 0.439 e. The molecule has 0 aliphatic carbocycles. The van der Waals surface area contributed by atoms with Crippen LogP contribution in [0.4, 0.5) is 4.39 Å². The van der Waals surface area contributed by atoms with E-state index < -0.39 is 0 Å². The topological polar surface area (TPSA) is 54.2 Å². The summed E-state index contributed by atoms with van der Waals surface area (Å²) in [6, 6.07) is 10.5. The Morgan fingerprint density at radius 2 is 2.08 bits per heavy atom. The third-order valence-corrected chi connectivity index (χ3v) is 4.44. The van der Waals surface area contributed by atoms with Crippen molar-refractivity contribution >= 4 is 0 Å². The number of hydrogen-bond acceptors (Lipinski definition) is 5. The van der Waals surface area contributed by atoms with Gasteiger partial charge in [-0.3, -0.25) is 9.88 Å². The van der Waals surface area contributed by atoms with E-state index in [1.54, 1.807) is 24.5 Å². The van der Waals surface area contributed by atoms with Crippen molar-refractivity contribution in [3.63, 3.8) is 0 Å². The molecule has 0 amide bonds. The SMILES string of the molecule is Fc1ccc(-c2cnc(CN3CCNCC3c3cccnc3)o2)cc1. The zero-order valence-electron chi connectivity index (χ0n) is 13.7. The number of nitrogens with zero attached hydrogens (tertiary/aromatic N) is 3. The molecule has 128 valence electrons. The van der Waals surface area contributed by atoms with Gasteiger partial charge < -0.3 is 9.73 Å². The van der Waals surface area contributed by atoms with E-state index in [1.165, 1.54) is 17.7 Å². The molecule has 2 aromatic heterocycles. The normalized spacial score (nSPS) is 18.4. The van der Waals surface area contributed by atoms with Gasteiger partial charge in [-0.2, -0.15) is 0 Å². The van der Waals surface area contributed by atoms with Crippen molar-refractivity contribution in [1.82, 2.24) is 20.2 Å². The van der Waals surface area contributed by atoms with Gasteiger partial charge in [-0.05, 0) is 35.9 Å². The third kappa shape index (κ3) is 3.60. The molecule has 1 unspecified atom stereocenters. The second-order valence-corrected chi connectivity index (χ2v) is 6.10. The number of rotatable bonds is 4. The number of pyridine rings is 1. The lowest BCUT2D eigenvalue weighted by Crippen LogP contribution is -2.45. The summed E-state index contributed by atoms with van der Waals surface area (Å²) in [5.74, 6) is 1.06. The monoisotopic (exact) mass is 338 g/mol. The Morgan fingerprint density at radius 3 is 2.88 bits per heavy atom. The van der Waals surface area contributed by atoms with E-state index in [4.69, 9.17) is 4.42 Å². The van der Waals surface area contributed by atoms with E-state index in [9.17, 15) is 4.39 Å². The number of nitrogens with one attached hydrogen (secondary N) is 1. The maximum absolute atomic E-state index is 13.1. The molecule has 1 aliphatic rings. The summed E-state index contributed by atoms with van der Waals surface area (Å²) in [5, 5.41) is 3.43. The second kappa shape index (κ2) is 7.13. The Kier molecular flexibility index (Phi) is 4.54. The van der Waals surface area contributed by atoms with Gasteiger partial charge in [0.25, 0.3) is 0 Å². The first-order valence-corrected chi connectivity index (χ1v) is 8.35. The first-order valence-electron chi connectivity index (χ1n) is 8.35. The fourth-order valence-electron chi connectivity index (χ4n) is 3.14. The number of oxazole rings is 1. The van der Waals surface area contributed by atoms with E-state index in [1.807, 2.05) is 12.3 Å². The van der Waals surface area contributed by atoms with Crippen molar-refractivity contribution in [2.24, 2.45) is 0 Å². The van der Waals surface area contributed by atoms with Gasteiger partial charge in [0.15, 0.2) is 5.76 Å². The van der Waals surface area contributed by atoms with Crippen LogP contribution in [0, 0.1) is 5.82 Å². The highest BCUT2D eigenvalue weighted by Gasteiger charge is 2.25. The molecule has 3 heterocycles. The first kappa shape index (κ1) is 15.9. The molecule has 1 fully saturated rings. The smallest absolute Gasteiger partial charge is 0.209 e. The number of halogens is 1. The van der Waals surface area contributed by atoms with Gasteiger partial charge in [0, 0.05) is 43.6 Å². The summed E-state index contributed by atoms with van der Waals surface area (Å²) in [6.07, 6.45) is 5.39. The van der Waals surface area contributed by atoms with Gasteiger partial charge in [-0.25, -0.2) is 9.37 Å². The minimum atomic E-state index is -0.261. The average molecular weight is 338 g/mol. The predicted molar refractivity (Wildman–Crippen MR) is 92.2 cm³/mol. The molecular formula is C19H19FN4O. The number of hydrogen-bond donors (Lipinski definition) is 1. The molecular weight excluding hydrogens is 319 g/mol. The molecule has 3 aromatic rings. The van der Waals surface area contributed by atoms with E-state index in [0.29, 0.717) is 18.2 Å². The van der Waals surface area contributed by atoms with E-state index >= 15 is 0 Å². The maximum Gasteiger partial charge on any atom is 0.209 e. The maximum atomic E-state index is 13.1. The van der Waals surface area contributed by atoms with Gasteiger partial charge in [-0.1, -0.05) is 6.07 Å². The van der Waals surface area contributed by atoms with Crippen LogP contribution in [0.5, 0.6) is 0 Å². The van der Waals surface area contributed by atoms with Gasteiger partial charge in [0.2, 0.25) is 5.89 Å². The van der Waals surface area contributed by atoms with Crippen LogP contribution in [0.2, 0.25) is 0 Å². The standard InChI is InChI=1S/C19H19FN4O/c20-16-5-3-14(4-6-16)18-12-23-19(25-18)13-24-9-8-22-11-17(24)15-2-1-7-21-10-15/h1-7,10,12,17,22H,8-9,11,13H2. The molecule has 1 aliphatic heterocycles. The zero-order valence-corrected chi connectivity index (χ0v) is 13.7. The molecule has 0 saturated carbocycles. The third-order valence-electron chi connectivity index (χ3n) is 4.44. The number of benzene rings is 1. The molecule has 1 aromatic carbocycles. The molecule has 1 atom stereocenters. The quantitative estimate of drug-likeness (QED) is 0.792. The van der Waals surface area contributed by atoms with Gasteiger partial charge in [0.1, 0.15) is 5.82 Å². The average Bonchev–Trinajstić information content (AvgIpc) is 3.12. The minimum Gasteiger partial charge on any atom is -0.439 e. The molecule has 5 nitrogen and oxygen atoms in total. The van der Waals surface area contributed by atoms with Crippen LogP contribution in [0.3, 0.4) is 0 Å². The predicted octanol–water partition coefficient (Wildman–Crippen LogP) is 3.02. The molecule has 0 spiro atoms. The number of aromatic nitrogens is 2. The summed E-state index contributed by atoms with van der Waals surface area (Å²) < 4.78 is 18.9. The van der Waals surface area contributed by atoms with Crippen molar-refractivity contribution < 1.29 is 8.81 Å². The van der Waals surface area contributed by atoms with E-state index in [0.717, 1.165) is 25.2 Å².